The molecular weight excluding hydrogens is 198 g/mol. The van der Waals surface area contributed by atoms with Crippen molar-refractivity contribution in [2.45, 2.75) is 27.2 Å². The summed E-state index contributed by atoms with van der Waals surface area (Å²) in [5.74, 6) is 0.538. The van der Waals surface area contributed by atoms with E-state index in [-0.39, 0.29) is 5.91 Å². The predicted molar refractivity (Wildman–Crippen MR) is 68.3 cm³/mol. The highest BCUT2D eigenvalue weighted by Gasteiger charge is 2.01. The van der Waals surface area contributed by atoms with Crippen LogP contribution >= 0.6 is 0 Å². The van der Waals surface area contributed by atoms with Crippen molar-refractivity contribution in [1.29, 1.82) is 0 Å². The molecule has 1 amide bonds. The van der Waals surface area contributed by atoms with Crippen LogP contribution in [0.3, 0.4) is 0 Å². The number of carbonyl (C=O) groups excluding carboxylic acids is 1. The van der Waals surface area contributed by atoms with Crippen LogP contribution in [-0.4, -0.2) is 5.91 Å². The quantitative estimate of drug-likeness (QED) is 0.767. The zero-order valence-electron chi connectivity index (χ0n) is 10.2. The van der Waals surface area contributed by atoms with Crippen LogP contribution < -0.4 is 5.32 Å². The summed E-state index contributed by atoms with van der Waals surface area (Å²) in [5, 5.41) is 2.85. The summed E-state index contributed by atoms with van der Waals surface area (Å²) in [4.78, 5) is 11.6. The van der Waals surface area contributed by atoms with E-state index in [4.69, 9.17) is 0 Å². The van der Waals surface area contributed by atoms with Crippen molar-refractivity contribution in [3.63, 3.8) is 0 Å². The lowest BCUT2D eigenvalue weighted by atomic mass is 10.0. The average Bonchev–Trinajstić information content (AvgIpc) is 2.27. The molecule has 1 N–H and O–H groups in total. The molecule has 0 aromatic heterocycles. The molecule has 0 spiro atoms. The van der Waals surface area contributed by atoms with Gasteiger partial charge in [0.15, 0.2) is 0 Å². The number of anilines is 1. The molecule has 0 aliphatic carbocycles. The fraction of sp³-hybridized carbons (Fsp3) is 0.357. The van der Waals surface area contributed by atoms with Crippen molar-refractivity contribution in [1.82, 2.24) is 0 Å². The Balaban J connectivity index is 2.46. The number of para-hydroxylation sites is 1. The van der Waals surface area contributed by atoms with Crippen LogP contribution in [0, 0.1) is 5.92 Å². The van der Waals surface area contributed by atoms with Gasteiger partial charge in [0.2, 0.25) is 5.91 Å². The molecule has 0 saturated carbocycles. The lowest BCUT2D eigenvalue weighted by molar-refractivity contribution is -0.115. The van der Waals surface area contributed by atoms with E-state index in [0.717, 1.165) is 5.69 Å². The monoisotopic (exact) mass is 217 g/mol. The minimum absolute atomic E-state index is 0.0335. The molecule has 1 aromatic carbocycles. The van der Waals surface area contributed by atoms with E-state index >= 15 is 0 Å². The third-order valence-corrected chi connectivity index (χ3v) is 2.58. The summed E-state index contributed by atoms with van der Waals surface area (Å²) < 4.78 is 0. The Morgan fingerprint density at radius 1 is 1.31 bits per heavy atom. The molecule has 0 aliphatic heterocycles. The maximum Gasteiger partial charge on any atom is 0.228 e. The van der Waals surface area contributed by atoms with Crippen LogP contribution in [0.2, 0.25) is 0 Å². The molecule has 1 rings (SSSR count). The number of hydrogen-bond donors (Lipinski definition) is 1. The second-order valence-corrected chi connectivity index (χ2v) is 4.22. The van der Waals surface area contributed by atoms with Crippen molar-refractivity contribution in [2.75, 3.05) is 5.32 Å². The topological polar surface area (TPSA) is 29.1 Å². The normalized spacial score (nSPS) is 11.6. The second-order valence-electron chi connectivity index (χ2n) is 4.22. The molecule has 0 saturated heterocycles. The lowest BCUT2D eigenvalue weighted by Gasteiger charge is -2.06. The number of amides is 1. The minimum Gasteiger partial charge on any atom is -0.326 e. The molecule has 2 nitrogen and oxygen atoms in total. The van der Waals surface area contributed by atoms with Gasteiger partial charge in [-0.3, -0.25) is 4.79 Å². The van der Waals surface area contributed by atoms with Gasteiger partial charge in [-0.1, -0.05) is 43.7 Å². The van der Waals surface area contributed by atoms with Gasteiger partial charge in [-0.2, -0.15) is 0 Å². The smallest absolute Gasteiger partial charge is 0.228 e. The van der Waals surface area contributed by atoms with Crippen LogP contribution in [0.15, 0.2) is 42.0 Å². The molecule has 0 fully saturated rings. The Morgan fingerprint density at radius 2 is 1.94 bits per heavy atom. The fourth-order valence-electron chi connectivity index (χ4n) is 1.22. The van der Waals surface area contributed by atoms with Gasteiger partial charge in [0.05, 0.1) is 0 Å². The Hall–Kier alpha value is -1.57. The van der Waals surface area contributed by atoms with Gasteiger partial charge in [0, 0.05) is 12.1 Å². The molecule has 86 valence electrons. The maximum atomic E-state index is 11.6. The molecule has 0 bridgehead atoms. The van der Waals surface area contributed by atoms with E-state index in [1.807, 2.05) is 36.4 Å². The van der Waals surface area contributed by atoms with E-state index < -0.39 is 0 Å². The van der Waals surface area contributed by atoms with Crippen LogP contribution in [-0.2, 0) is 4.79 Å². The molecule has 0 radical (unpaired) electrons. The first kappa shape index (κ1) is 12.5. The van der Waals surface area contributed by atoms with E-state index in [1.54, 1.807) is 0 Å². The van der Waals surface area contributed by atoms with Gasteiger partial charge in [-0.15, -0.1) is 0 Å². The van der Waals surface area contributed by atoms with Crippen molar-refractivity contribution in [3.05, 3.63) is 42.0 Å². The van der Waals surface area contributed by atoms with E-state index in [2.05, 4.69) is 26.1 Å². The molecule has 0 heterocycles. The van der Waals surface area contributed by atoms with Crippen molar-refractivity contribution in [2.24, 2.45) is 5.92 Å². The summed E-state index contributed by atoms with van der Waals surface area (Å²) in [5.41, 5.74) is 2.10. The summed E-state index contributed by atoms with van der Waals surface area (Å²) in [6.07, 6.45) is 2.43. The Morgan fingerprint density at radius 3 is 2.50 bits per heavy atom. The SMILES string of the molecule is C/C(=C/CC(=O)Nc1ccccc1)C(C)C. The highest BCUT2D eigenvalue weighted by molar-refractivity contribution is 5.91. The first-order valence-electron chi connectivity index (χ1n) is 5.61. The second kappa shape index (κ2) is 6.11. The Bertz CT molecular complexity index is 366. The number of hydrogen-bond acceptors (Lipinski definition) is 1. The van der Waals surface area contributed by atoms with Crippen LogP contribution in [0.25, 0.3) is 0 Å². The highest BCUT2D eigenvalue weighted by Crippen LogP contribution is 2.10. The first-order chi connectivity index (χ1) is 7.59. The molecule has 16 heavy (non-hydrogen) atoms. The molecular formula is C14H19NO. The standard InChI is InChI=1S/C14H19NO/c1-11(2)12(3)9-10-14(16)15-13-7-5-4-6-8-13/h4-9,11H,10H2,1-3H3,(H,15,16)/b12-9-. The van der Waals surface area contributed by atoms with Gasteiger partial charge in [0.25, 0.3) is 0 Å². The van der Waals surface area contributed by atoms with Gasteiger partial charge < -0.3 is 5.32 Å². The minimum atomic E-state index is 0.0335. The Labute approximate surface area is 97.4 Å². The summed E-state index contributed by atoms with van der Waals surface area (Å²) >= 11 is 0. The van der Waals surface area contributed by atoms with Crippen molar-refractivity contribution >= 4 is 11.6 Å². The first-order valence-corrected chi connectivity index (χ1v) is 5.61. The van der Waals surface area contributed by atoms with Gasteiger partial charge in [-0.05, 0) is 25.0 Å². The van der Waals surface area contributed by atoms with Gasteiger partial charge >= 0.3 is 0 Å². The predicted octanol–water partition coefficient (Wildman–Crippen LogP) is 3.62. The number of rotatable bonds is 4. The zero-order valence-corrected chi connectivity index (χ0v) is 10.2. The fourth-order valence-corrected chi connectivity index (χ4v) is 1.22. The Kier molecular flexibility index (Phi) is 4.77. The van der Waals surface area contributed by atoms with Crippen molar-refractivity contribution in [3.8, 4) is 0 Å². The summed E-state index contributed by atoms with van der Waals surface area (Å²) in [7, 11) is 0. The van der Waals surface area contributed by atoms with Crippen LogP contribution in [0.4, 0.5) is 5.69 Å². The summed E-state index contributed by atoms with van der Waals surface area (Å²) in [6, 6.07) is 9.52. The number of allylic oxidation sites excluding steroid dienone is 1. The van der Waals surface area contributed by atoms with Gasteiger partial charge in [0.1, 0.15) is 0 Å². The summed E-state index contributed by atoms with van der Waals surface area (Å²) in [6.45, 7) is 6.31. The number of benzene rings is 1. The van der Waals surface area contributed by atoms with E-state index in [1.165, 1.54) is 5.57 Å². The third-order valence-electron chi connectivity index (χ3n) is 2.58. The third kappa shape index (κ3) is 4.30. The maximum absolute atomic E-state index is 11.6. The number of carbonyl (C=O) groups is 1. The molecule has 1 aromatic rings. The lowest BCUT2D eigenvalue weighted by Crippen LogP contribution is -2.10. The molecule has 0 unspecified atom stereocenters. The van der Waals surface area contributed by atoms with E-state index in [9.17, 15) is 4.79 Å². The average molecular weight is 217 g/mol. The molecule has 2 heteroatoms. The van der Waals surface area contributed by atoms with E-state index in [0.29, 0.717) is 12.3 Å². The largest absolute Gasteiger partial charge is 0.326 e. The van der Waals surface area contributed by atoms with Gasteiger partial charge in [-0.25, -0.2) is 0 Å². The molecule has 0 aliphatic rings. The number of nitrogens with one attached hydrogen (secondary N) is 1. The van der Waals surface area contributed by atoms with Crippen molar-refractivity contribution < 1.29 is 4.79 Å². The molecule has 0 atom stereocenters. The van der Waals surface area contributed by atoms with Crippen LogP contribution in [0.1, 0.15) is 27.2 Å². The van der Waals surface area contributed by atoms with Crippen LogP contribution in [0.5, 0.6) is 0 Å². The zero-order chi connectivity index (χ0) is 12.0. The highest BCUT2D eigenvalue weighted by atomic mass is 16.1.